The van der Waals surface area contributed by atoms with Crippen LogP contribution >= 0.6 is 27.5 Å². The molecule has 0 aliphatic carbocycles. The normalized spacial score (nSPS) is 12.6. The van der Waals surface area contributed by atoms with Crippen molar-refractivity contribution in [2.45, 2.75) is 51.7 Å². The minimum absolute atomic E-state index is 0.0513. The Hall–Kier alpha value is -2.70. The third-order valence-electron chi connectivity index (χ3n) is 5.90. The van der Waals surface area contributed by atoms with Gasteiger partial charge in [0.15, 0.2) is 0 Å². The van der Waals surface area contributed by atoms with Crippen molar-refractivity contribution in [1.82, 2.24) is 10.2 Å². The van der Waals surface area contributed by atoms with E-state index in [1.807, 2.05) is 68.4 Å². The Morgan fingerprint density at radius 1 is 1.03 bits per heavy atom. The third kappa shape index (κ3) is 7.64. The highest BCUT2D eigenvalue weighted by atomic mass is 79.9. The van der Waals surface area contributed by atoms with Crippen LogP contribution in [0.4, 0.5) is 4.39 Å². The smallest absolute Gasteiger partial charge is 0.243 e. The van der Waals surface area contributed by atoms with Gasteiger partial charge >= 0.3 is 0 Å². The number of halogens is 3. The van der Waals surface area contributed by atoms with Gasteiger partial charge in [-0.1, -0.05) is 83.0 Å². The Labute approximate surface area is 219 Å². The van der Waals surface area contributed by atoms with Crippen LogP contribution in [0.1, 0.15) is 37.0 Å². The van der Waals surface area contributed by atoms with Gasteiger partial charge in [-0.2, -0.15) is 0 Å². The number of amides is 2. The number of nitrogens with zero attached hydrogens (tertiary/aromatic N) is 1. The van der Waals surface area contributed by atoms with Crippen molar-refractivity contribution in [2.24, 2.45) is 0 Å². The van der Waals surface area contributed by atoms with E-state index < -0.39 is 11.9 Å². The summed E-state index contributed by atoms with van der Waals surface area (Å²) in [7, 11) is 0. The van der Waals surface area contributed by atoms with Gasteiger partial charge in [0.1, 0.15) is 11.9 Å². The molecule has 0 saturated carbocycles. The molecule has 0 fully saturated rings. The molecular formula is C28H29BrClFN2O2. The first kappa shape index (κ1) is 26.9. The van der Waals surface area contributed by atoms with Crippen LogP contribution in [0.25, 0.3) is 0 Å². The van der Waals surface area contributed by atoms with Crippen LogP contribution in [-0.4, -0.2) is 28.8 Å². The summed E-state index contributed by atoms with van der Waals surface area (Å²) in [6, 6.07) is 20.6. The quantitative estimate of drug-likeness (QED) is 0.315. The van der Waals surface area contributed by atoms with Gasteiger partial charge in [0, 0.05) is 34.1 Å². The molecule has 2 amide bonds. The predicted octanol–water partition coefficient (Wildman–Crippen LogP) is 6.34. The lowest BCUT2D eigenvalue weighted by Gasteiger charge is -2.32. The van der Waals surface area contributed by atoms with Gasteiger partial charge in [-0.15, -0.1) is 0 Å². The summed E-state index contributed by atoms with van der Waals surface area (Å²) in [6.07, 6.45) is 0.837. The van der Waals surface area contributed by atoms with Crippen molar-refractivity contribution >= 4 is 39.3 Å². The lowest BCUT2D eigenvalue weighted by molar-refractivity contribution is -0.141. The minimum atomic E-state index is -0.788. The fraction of sp³-hybridized carbons (Fsp3) is 0.286. The lowest BCUT2D eigenvalue weighted by atomic mass is 10.0. The molecular weight excluding hydrogens is 531 g/mol. The summed E-state index contributed by atoms with van der Waals surface area (Å²) in [6.45, 7) is 4.11. The van der Waals surface area contributed by atoms with E-state index in [0.717, 1.165) is 22.0 Å². The maximum atomic E-state index is 14.5. The van der Waals surface area contributed by atoms with E-state index in [0.29, 0.717) is 6.42 Å². The average Bonchev–Trinajstić information content (AvgIpc) is 2.84. The second-order valence-electron chi connectivity index (χ2n) is 8.55. The van der Waals surface area contributed by atoms with E-state index in [-0.39, 0.29) is 41.4 Å². The monoisotopic (exact) mass is 558 g/mol. The molecule has 0 spiro atoms. The average molecular weight is 560 g/mol. The second kappa shape index (κ2) is 12.8. The zero-order valence-corrected chi connectivity index (χ0v) is 22.2. The molecule has 0 heterocycles. The van der Waals surface area contributed by atoms with Crippen molar-refractivity contribution in [2.75, 3.05) is 0 Å². The Kier molecular flexibility index (Phi) is 9.87. The number of carbonyl (C=O) groups excluding carboxylic acids is 2. The summed E-state index contributed by atoms with van der Waals surface area (Å²) in [5, 5.41) is 3.21. The Bertz CT molecular complexity index is 1140. The molecule has 4 nitrogen and oxygen atoms in total. The van der Waals surface area contributed by atoms with E-state index in [1.165, 1.54) is 17.0 Å². The van der Waals surface area contributed by atoms with Crippen LogP contribution < -0.4 is 5.32 Å². The topological polar surface area (TPSA) is 49.4 Å². The number of hydrogen-bond acceptors (Lipinski definition) is 2. The minimum Gasteiger partial charge on any atom is -0.352 e. The predicted molar refractivity (Wildman–Crippen MR) is 142 cm³/mol. The molecule has 0 saturated heterocycles. The van der Waals surface area contributed by atoms with Crippen LogP contribution in [0.2, 0.25) is 5.02 Å². The largest absolute Gasteiger partial charge is 0.352 e. The van der Waals surface area contributed by atoms with E-state index >= 15 is 0 Å². The SMILES string of the molecule is CC[C@H](C)NC(=O)[C@H](Cc1ccccc1)N(Cc1cccc(Br)c1)C(=O)Cc1c(F)cccc1Cl. The summed E-state index contributed by atoms with van der Waals surface area (Å²) in [5.74, 6) is -1.17. The summed E-state index contributed by atoms with van der Waals surface area (Å²) >= 11 is 9.70. The molecule has 7 heteroatoms. The first-order valence-electron chi connectivity index (χ1n) is 11.6. The highest BCUT2D eigenvalue weighted by Gasteiger charge is 2.31. The van der Waals surface area contributed by atoms with Gasteiger partial charge < -0.3 is 10.2 Å². The molecule has 1 N–H and O–H groups in total. The Morgan fingerprint density at radius 3 is 2.37 bits per heavy atom. The molecule has 3 aromatic rings. The highest BCUT2D eigenvalue weighted by Crippen LogP contribution is 2.23. The van der Waals surface area contributed by atoms with Gasteiger partial charge in [0.25, 0.3) is 0 Å². The number of nitrogens with one attached hydrogen (secondary N) is 1. The first-order valence-corrected chi connectivity index (χ1v) is 12.8. The standard InChI is InChI=1S/C28H29BrClFN2O2/c1-3-19(2)32-28(35)26(16-20-9-5-4-6-10-20)33(18-21-11-7-12-22(29)15-21)27(34)17-23-24(30)13-8-14-25(23)31/h4-15,19,26H,3,16-18H2,1-2H3,(H,32,35)/t19-,26-/m0/s1. The number of benzene rings is 3. The van der Waals surface area contributed by atoms with Crippen LogP contribution in [0.5, 0.6) is 0 Å². The molecule has 0 aliphatic heterocycles. The van der Waals surface area contributed by atoms with Crippen molar-refractivity contribution in [3.63, 3.8) is 0 Å². The summed E-state index contributed by atoms with van der Waals surface area (Å²) < 4.78 is 15.4. The van der Waals surface area contributed by atoms with E-state index in [2.05, 4.69) is 21.2 Å². The van der Waals surface area contributed by atoms with Gasteiger partial charge in [-0.25, -0.2) is 4.39 Å². The molecule has 3 rings (SSSR count). The molecule has 0 bridgehead atoms. The highest BCUT2D eigenvalue weighted by molar-refractivity contribution is 9.10. The van der Waals surface area contributed by atoms with Gasteiger partial charge in [0.2, 0.25) is 11.8 Å². The van der Waals surface area contributed by atoms with Crippen molar-refractivity contribution in [3.05, 3.63) is 105 Å². The molecule has 3 aromatic carbocycles. The van der Waals surface area contributed by atoms with Crippen molar-refractivity contribution in [1.29, 1.82) is 0 Å². The zero-order valence-electron chi connectivity index (χ0n) is 19.8. The van der Waals surface area contributed by atoms with Crippen LogP contribution in [0.3, 0.4) is 0 Å². The fourth-order valence-electron chi connectivity index (χ4n) is 3.78. The molecule has 0 radical (unpaired) electrons. The number of rotatable bonds is 10. The molecule has 0 aliphatic rings. The second-order valence-corrected chi connectivity index (χ2v) is 9.87. The molecule has 0 aromatic heterocycles. The van der Waals surface area contributed by atoms with E-state index in [4.69, 9.17) is 11.6 Å². The molecule has 184 valence electrons. The van der Waals surface area contributed by atoms with Gasteiger partial charge in [-0.3, -0.25) is 9.59 Å². The summed E-state index contributed by atoms with van der Waals surface area (Å²) in [4.78, 5) is 28.7. The fourth-order valence-corrected chi connectivity index (χ4v) is 4.46. The molecule has 0 unspecified atom stereocenters. The van der Waals surface area contributed by atoms with E-state index in [1.54, 1.807) is 6.07 Å². The lowest BCUT2D eigenvalue weighted by Crippen LogP contribution is -2.52. The maximum Gasteiger partial charge on any atom is 0.243 e. The van der Waals surface area contributed by atoms with Gasteiger partial charge in [0.05, 0.1) is 6.42 Å². The van der Waals surface area contributed by atoms with Crippen molar-refractivity contribution in [3.8, 4) is 0 Å². The third-order valence-corrected chi connectivity index (χ3v) is 6.75. The van der Waals surface area contributed by atoms with Crippen LogP contribution in [-0.2, 0) is 29.0 Å². The Morgan fingerprint density at radius 2 is 1.71 bits per heavy atom. The van der Waals surface area contributed by atoms with Crippen LogP contribution in [0, 0.1) is 5.82 Å². The zero-order chi connectivity index (χ0) is 25.4. The van der Waals surface area contributed by atoms with E-state index in [9.17, 15) is 14.0 Å². The molecule has 2 atom stereocenters. The number of carbonyl (C=O) groups is 2. The van der Waals surface area contributed by atoms with Gasteiger partial charge in [-0.05, 0) is 48.7 Å². The van der Waals surface area contributed by atoms with Crippen LogP contribution in [0.15, 0.2) is 77.3 Å². The Balaban J connectivity index is 2.01. The summed E-state index contributed by atoms with van der Waals surface area (Å²) in [5.41, 5.74) is 1.90. The first-order chi connectivity index (χ1) is 16.8. The van der Waals surface area contributed by atoms with Crippen molar-refractivity contribution < 1.29 is 14.0 Å². The molecule has 35 heavy (non-hydrogen) atoms. The number of hydrogen-bond donors (Lipinski definition) is 1. The maximum absolute atomic E-state index is 14.5.